The Kier molecular flexibility index (Phi) is 3.95. The van der Waals surface area contributed by atoms with E-state index in [2.05, 4.69) is 14.8 Å². The molecule has 0 unspecified atom stereocenters. The minimum atomic E-state index is -3.64. The molecule has 0 spiro atoms. The second-order valence-corrected chi connectivity index (χ2v) is 7.90. The maximum atomic E-state index is 12.4. The van der Waals surface area contributed by atoms with Crippen LogP contribution < -0.4 is 4.72 Å². The van der Waals surface area contributed by atoms with Gasteiger partial charge in [-0.2, -0.15) is 5.10 Å². The van der Waals surface area contributed by atoms with Crippen molar-refractivity contribution in [1.82, 2.24) is 14.8 Å². The number of benzene rings is 1. The van der Waals surface area contributed by atoms with Gasteiger partial charge >= 0.3 is 0 Å². The van der Waals surface area contributed by atoms with Crippen molar-refractivity contribution in [3.8, 4) is 11.3 Å². The lowest BCUT2D eigenvalue weighted by Crippen LogP contribution is -2.13. The fourth-order valence-corrected chi connectivity index (χ4v) is 4.16. The molecule has 0 atom stereocenters. The Hall–Kier alpha value is -2.19. The van der Waals surface area contributed by atoms with E-state index in [0.717, 1.165) is 16.3 Å². The van der Waals surface area contributed by atoms with Gasteiger partial charge in [0.05, 0.1) is 16.4 Å². The van der Waals surface area contributed by atoms with E-state index in [1.165, 1.54) is 10.9 Å². The first-order valence-corrected chi connectivity index (χ1v) is 9.27. The number of rotatable bonds is 4. The summed E-state index contributed by atoms with van der Waals surface area (Å²) in [7, 11) is -1.95. The predicted molar refractivity (Wildman–Crippen MR) is 91.0 cm³/mol. The van der Waals surface area contributed by atoms with Crippen LogP contribution in [0.1, 0.15) is 10.7 Å². The standard InChI is InChI=1S/C15H16N4O2S2/c1-10-15(8-19(3)17-10)23(20,21)18-13-6-4-12(5-7-13)14-9-22-11(2)16-14/h4-9,18H,1-3H3. The van der Waals surface area contributed by atoms with E-state index in [0.29, 0.717) is 11.4 Å². The summed E-state index contributed by atoms with van der Waals surface area (Å²) in [5, 5.41) is 7.04. The van der Waals surface area contributed by atoms with Crippen LogP contribution in [-0.2, 0) is 17.1 Å². The van der Waals surface area contributed by atoms with Crippen molar-refractivity contribution in [2.24, 2.45) is 7.05 Å². The molecule has 0 saturated heterocycles. The Balaban J connectivity index is 1.84. The largest absolute Gasteiger partial charge is 0.280 e. The Bertz CT molecular complexity index is 940. The van der Waals surface area contributed by atoms with Crippen LogP contribution in [0.2, 0.25) is 0 Å². The van der Waals surface area contributed by atoms with E-state index in [1.54, 1.807) is 37.4 Å². The average Bonchev–Trinajstić information content (AvgIpc) is 3.05. The Morgan fingerprint density at radius 3 is 2.39 bits per heavy atom. The van der Waals surface area contributed by atoms with Crippen LogP contribution in [0.4, 0.5) is 5.69 Å². The van der Waals surface area contributed by atoms with Crippen molar-refractivity contribution in [2.75, 3.05) is 4.72 Å². The van der Waals surface area contributed by atoms with Gasteiger partial charge in [-0.25, -0.2) is 13.4 Å². The second kappa shape index (κ2) is 5.78. The number of nitrogens with one attached hydrogen (secondary N) is 1. The molecule has 6 nitrogen and oxygen atoms in total. The Labute approximate surface area is 138 Å². The van der Waals surface area contributed by atoms with Gasteiger partial charge in [0.25, 0.3) is 10.0 Å². The molecule has 0 bridgehead atoms. The Morgan fingerprint density at radius 1 is 1.17 bits per heavy atom. The molecule has 3 rings (SSSR count). The molecule has 0 aliphatic carbocycles. The summed E-state index contributed by atoms with van der Waals surface area (Å²) in [6.45, 7) is 3.62. The minimum absolute atomic E-state index is 0.180. The van der Waals surface area contributed by atoms with Crippen LogP contribution in [0.3, 0.4) is 0 Å². The molecule has 0 aliphatic rings. The molecule has 1 N–H and O–H groups in total. The highest BCUT2D eigenvalue weighted by atomic mass is 32.2. The van der Waals surface area contributed by atoms with Crippen LogP contribution in [0.25, 0.3) is 11.3 Å². The fourth-order valence-electron chi connectivity index (χ4n) is 2.26. The van der Waals surface area contributed by atoms with Gasteiger partial charge in [0.2, 0.25) is 0 Å². The van der Waals surface area contributed by atoms with Gasteiger partial charge in [-0.1, -0.05) is 12.1 Å². The van der Waals surface area contributed by atoms with Crippen LogP contribution in [-0.4, -0.2) is 23.2 Å². The van der Waals surface area contributed by atoms with Gasteiger partial charge in [0.1, 0.15) is 4.90 Å². The summed E-state index contributed by atoms with van der Waals surface area (Å²) in [5.41, 5.74) is 2.82. The number of hydrogen-bond acceptors (Lipinski definition) is 5. The number of nitrogens with zero attached hydrogens (tertiary/aromatic N) is 3. The molecular weight excluding hydrogens is 332 g/mol. The summed E-state index contributed by atoms with van der Waals surface area (Å²) < 4.78 is 28.9. The van der Waals surface area contributed by atoms with Crippen LogP contribution in [0.5, 0.6) is 0 Å². The highest BCUT2D eigenvalue weighted by molar-refractivity contribution is 7.92. The lowest BCUT2D eigenvalue weighted by Gasteiger charge is -2.07. The molecule has 0 radical (unpaired) electrons. The van der Waals surface area contributed by atoms with Crippen molar-refractivity contribution < 1.29 is 8.42 Å². The summed E-state index contributed by atoms with van der Waals surface area (Å²) in [6.07, 6.45) is 1.49. The summed E-state index contributed by atoms with van der Waals surface area (Å²) >= 11 is 1.58. The maximum absolute atomic E-state index is 12.4. The van der Waals surface area contributed by atoms with Gasteiger partial charge in [-0.15, -0.1) is 11.3 Å². The summed E-state index contributed by atoms with van der Waals surface area (Å²) in [5.74, 6) is 0. The maximum Gasteiger partial charge on any atom is 0.265 e. The molecule has 2 aromatic heterocycles. The smallest absolute Gasteiger partial charge is 0.265 e. The van der Waals surface area contributed by atoms with E-state index in [4.69, 9.17) is 0 Å². The molecule has 120 valence electrons. The molecule has 23 heavy (non-hydrogen) atoms. The molecule has 0 amide bonds. The number of aryl methyl sites for hydroxylation is 3. The zero-order valence-corrected chi connectivity index (χ0v) is 14.6. The first-order chi connectivity index (χ1) is 10.8. The van der Waals surface area contributed by atoms with Gasteiger partial charge in [0.15, 0.2) is 0 Å². The van der Waals surface area contributed by atoms with Crippen LogP contribution in [0, 0.1) is 13.8 Å². The highest BCUT2D eigenvalue weighted by Gasteiger charge is 2.19. The highest BCUT2D eigenvalue weighted by Crippen LogP contribution is 2.24. The number of aromatic nitrogens is 3. The number of hydrogen-bond donors (Lipinski definition) is 1. The van der Waals surface area contributed by atoms with Crippen molar-refractivity contribution in [3.05, 3.63) is 46.5 Å². The van der Waals surface area contributed by atoms with E-state index in [9.17, 15) is 8.42 Å². The van der Waals surface area contributed by atoms with Crippen molar-refractivity contribution >= 4 is 27.0 Å². The van der Waals surface area contributed by atoms with E-state index < -0.39 is 10.0 Å². The van der Waals surface area contributed by atoms with Crippen molar-refractivity contribution in [2.45, 2.75) is 18.7 Å². The Morgan fingerprint density at radius 2 is 1.87 bits per heavy atom. The number of sulfonamides is 1. The molecule has 0 saturated carbocycles. The quantitative estimate of drug-likeness (QED) is 0.786. The topological polar surface area (TPSA) is 76.9 Å². The fraction of sp³-hybridized carbons (Fsp3) is 0.200. The SMILES string of the molecule is Cc1nc(-c2ccc(NS(=O)(=O)c3cn(C)nc3C)cc2)cs1. The molecule has 1 aromatic carbocycles. The molecule has 3 aromatic rings. The normalized spacial score (nSPS) is 11.6. The van der Waals surface area contributed by atoms with Gasteiger partial charge in [0, 0.05) is 29.9 Å². The van der Waals surface area contributed by atoms with Crippen molar-refractivity contribution in [1.29, 1.82) is 0 Å². The monoisotopic (exact) mass is 348 g/mol. The van der Waals surface area contributed by atoms with E-state index in [1.807, 2.05) is 24.4 Å². The molecule has 0 aliphatic heterocycles. The minimum Gasteiger partial charge on any atom is -0.280 e. The zero-order chi connectivity index (χ0) is 16.6. The average molecular weight is 348 g/mol. The lowest BCUT2D eigenvalue weighted by atomic mass is 10.1. The zero-order valence-electron chi connectivity index (χ0n) is 12.9. The van der Waals surface area contributed by atoms with E-state index in [-0.39, 0.29) is 4.90 Å². The third-order valence-electron chi connectivity index (χ3n) is 3.31. The van der Waals surface area contributed by atoms with Crippen LogP contribution >= 0.6 is 11.3 Å². The molecule has 2 heterocycles. The van der Waals surface area contributed by atoms with Gasteiger partial charge in [-0.3, -0.25) is 9.40 Å². The van der Waals surface area contributed by atoms with Crippen molar-refractivity contribution in [3.63, 3.8) is 0 Å². The second-order valence-electron chi connectivity index (χ2n) is 5.19. The van der Waals surface area contributed by atoms with Gasteiger partial charge in [-0.05, 0) is 26.0 Å². The molecular formula is C15H16N4O2S2. The predicted octanol–water partition coefficient (Wildman–Crippen LogP) is 2.96. The third kappa shape index (κ3) is 3.27. The van der Waals surface area contributed by atoms with E-state index >= 15 is 0 Å². The first kappa shape index (κ1) is 15.7. The number of thiazole rings is 1. The summed E-state index contributed by atoms with van der Waals surface area (Å²) in [4.78, 5) is 4.60. The molecule has 0 fully saturated rings. The van der Waals surface area contributed by atoms with Gasteiger partial charge < -0.3 is 0 Å². The third-order valence-corrected chi connectivity index (χ3v) is 5.57. The van der Waals surface area contributed by atoms with Crippen LogP contribution in [0.15, 0.2) is 40.7 Å². The summed E-state index contributed by atoms with van der Waals surface area (Å²) in [6, 6.07) is 7.16. The first-order valence-electron chi connectivity index (χ1n) is 6.91. The number of anilines is 1. The lowest BCUT2D eigenvalue weighted by molar-refractivity contribution is 0.600. The molecule has 8 heteroatoms.